The molecule has 0 saturated heterocycles. The van der Waals surface area contributed by atoms with Crippen LogP contribution in [0, 0.1) is 6.92 Å². The lowest BCUT2D eigenvalue weighted by molar-refractivity contribution is -0.139. The smallest absolute Gasteiger partial charge is 0.416 e. The zero-order chi connectivity index (χ0) is 26.6. The second-order valence-electron chi connectivity index (χ2n) is 7.97. The molecule has 2 aromatic carbocycles. The van der Waals surface area contributed by atoms with Crippen LogP contribution in [0.2, 0.25) is 0 Å². The molecule has 0 aliphatic rings. The highest BCUT2D eigenvalue weighted by atomic mass is 32.1. The van der Waals surface area contributed by atoms with E-state index in [1.807, 2.05) is 0 Å². The quantitative estimate of drug-likeness (QED) is 0.388. The molecule has 0 fully saturated rings. The molecule has 3 aromatic rings. The van der Waals surface area contributed by atoms with E-state index in [4.69, 9.17) is 9.84 Å². The van der Waals surface area contributed by atoms with Gasteiger partial charge in [-0.3, -0.25) is 4.79 Å². The zero-order valence-electron chi connectivity index (χ0n) is 19.3. The van der Waals surface area contributed by atoms with Crippen LogP contribution in [0.25, 0.3) is 10.4 Å². The van der Waals surface area contributed by atoms with Gasteiger partial charge in [0, 0.05) is 30.5 Å². The molecule has 7 nitrogen and oxygen atoms in total. The van der Waals surface area contributed by atoms with Crippen molar-refractivity contribution >= 4 is 29.2 Å². The lowest BCUT2D eigenvalue weighted by Gasteiger charge is -2.22. The van der Waals surface area contributed by atoms with Crippen molar-refractivity contribution < 1.29 is 42.5 Å². The largest absolute Gasteiger partial charge is 0.480 e. The van der Waals surface area contributed by atoms with Crippen molar-refractivity contribution in [2.24, 2.45) is 0 Å². The minimum absolute atomic E-state index is 0.0111. The first-order valence-electron chi connectivity index (χ1n) is 10.6. The number of benzene rings is 2. The Morgan fingerprint density at radius 3 is 2.19 bits per heavy atom. The Morgan fingerprint density at radius 2 is 1.64 bits per heavy atom. The molecule has 0 unspecified atom stereocenters. The van der Waals surface area contributed by atoms with E-state index in [1.165, 1.54) is 24.0 Å². The summed E-state index contributed by atoms with van der Waals surface area (Å²) in [4.78, 5) is 36.7. The van der Waals surface area contributed by atoms with Gasteiger partial charge in [-0.05, 0) is 41.8 Å². The Bertz CT molecular complexity index is 1280. The van der Waals surface area contributed by atoms with E-state index < -0.39 is 30.3 Å². The summed E-state index contributed by atoms with van der Waals surface area (Å²) in [6.45, 7) is 2.58. The van der Waals surface area contributed by atoms with Gasteiger partial charge in [0.25, 0.3) is 0 Å². The zero-order valence-corrected chi connectivity index (χ0v) is 20.1. The number of alkyl halides is 3. The van der Waals surface area contributed by atoms with Crippen LogP contribution in [-0.4, -0.2) is 39.6 Å². The molecule has 0 atom stereocenters. The van der Waals surface area contributed by atoms with Crippen molar-refractivity contribution in [2.75, 3.05) is 6.61 Å². The number of amides is 1. The number of thiophene rings is 1. The highest BCUT2D eigenvalue weighted by Crippen LogP contribution is 2.41. The molecule has 1 aromatic heterocycles. The Balaban J connectivity index is 1.86. The summed E-state index contributed by atoms with van der Waals surface area (Å²) < 4.78 is 43.7. The number of ether oxygens (including phenoxy) is 1. The minimum atomic E-state index is -4.45. The molecular weight excluding hydrogens is 499 g/mol. The molecule has 11 heteroatoms. The van der Waals surface area contributed by atoms with Gasteiger partial charge >= 0.3 is 18.1 Å². The van der Waals surface area contributed by atoms with Gasteiger partial charge < -0.3 is 19.8 Å². The lowest BCUT2D eigenvalue weighted by Crippen LogP contribution is -2.27. The van der Waals surface area contributed by atoms with Crippen LogP contribution in [0.4, 0.5) is 13.2 Å². The Kier molecular flexibility index (Phi) is 8.03. The molecule has 1 amide bonds. The summed E-state index contributed by atoms with van der Waals surface area (Å²) in [6, 6.07) is 11.6. The van der Waals surface area contributed by atoms with Crippen molar-refractivity contribution in [3.8, 4) is 16.2 Å². The van der Waals surface area contributed by atoms with Gasteiger partial charge in [0.05, 0.1) is 5.56 Å². The Labute approximate surface area is 208 Å². The Morgan fingerprint density at radius 1 is 1.00 bits per heavy atom. The molecule has 0 spiro atoms. The third-order valence-corrected chi connectivity index (χ3v) is 6.60. The van der Waals surface area contributed by atoms with Crippen LogP contribution in [0.15, 0.2) is 48.5 Å². The second kappa shape index (κ2) is 10.8. The number of aliphatic carboxylic acids is 1. The molecule has 2 N–H and O–H groups in total. The average Bonchev–Trinajstić information content (AvgIpc) is 3.13. The first kappa shape index (κ1) is 26.7. The third kappa shape index (κ3) is 6.42. The summed E-state index contributed by atoms with van der Waals surface area (Å²) >= 11 is 0.949. The number of halogens is 3. The molecule has 0 saturated carbocycles. The first-order valence-corrected chi connectivity index (χ1v) is 11.4. The van der Waals surface area contributed by atoms with Crippen LogP contribution < -0.4 is 4.74 Å². The summed E-state index contributed by atoms with van der Waals surface area (Å²) in [5, 5.41) is 18.4. The van der Waals surface area contributed by atoms with Crippen molar-refractivity contribution in [2.45, 2.75) is 33.1 Å². The molecule has 0 bridgehead atoms. The van der Waals surface area contributed by atoms with E-state index in [9.17, 15) is 32.7 Å². The first-order chi connectivity index (χ1) is 16.9. The maximum absolute atomic E-state index is 12.8. The fourth-order valence-corrected chi connectivity index (χ4v) is 4.64. The number of carboxylic acids is 2. The van der Waals surface area contributed by atoms with Crippen molar-refractivity contribution in [3.63, 3.8) is 0 Å². The molecule has 0 aliphatic heterocycles. The van der Waals surface area contributed by atoms with E-state index in [1.54, 1.807) is 31.2 Å². The van der Waals surface area contributed by atoms with E-state index in [-0.39, 0.29) is 29.6 Å². The van der Waals surface area contributed by atoms with Crippen molar-refractivity contribution in [1.82, 2.24) is 4.90 Å². The summed E-state index contributed by atoms with van der Waals surface area (Å²) in [5.41, 5.74) is 1.61. The number of carboxylic acid groups (broad SMARTS) is 2. The SMILES string of the molecule is CC(=O)N(Cc1ccc(C(F)(F)F)cc1)Cc1cccc(-c2sc(C(=O)O)c(OCC(=O)O)c2C)c1. The second-order valence-corrected chi connectivity index (χ2v) is 8.99. The predicted octanol–water partition coefficient (Wildman–Crippen LogP) is 5.45. The van der Waals surface area contributed by atoms with E-state index in [2.05, 4.69) is 0 Å². The van der Waals surface area contributed by atoms with Gasteiger partial charge in [-0.1, -0.05) is 30.3 Å². The van der Waals surface area contributed by atoms with Gasteiger partial charge in [0.2, 0.25) is 5.91 Å². The van der Waals surface area contributed by atoms with Crippen LogP contribution in [-0.2, 0) is 28.9 Å². The summed E-state index contributed by atoms with van der Waals surface area (Å²) in [7, 11) is 0. The summed E-state index contributed by atoms with van der Waals surface area (Å²) in [6.07, 6.45) is -4.45. The van der Waals surface area contributed by atoms with Crippen molar-refractivity contribution in [3.05, 3.63) is 75.7 Å². The van der Waals surface area contributed by atoms with Gasteiger partial charge in [-0.15, -0.1) is 11.3 Å². The molecule has 0 radical (unpaired) electrons. The molecule has 36 heavy (non-hydrogen) atoms. The minimum Gasteiger partial charge on any atom is -0.480 e. The Hall–Kier alpha value is -3.86. The molecule has 0 aliphatic carbocycles. The van der Waals surface area contributed by atoms with Gasteiger partial charge in [0.15, 0.2) is 11.5 Å². The number of nitrogens with zero attached hydrogens (tertiary/aromatic N) is 1. The van der Waals surface area contributed by atoms with Crippen LogP contribution >= 0.6 is 11.3 Å². The van der Waals surface area contributed by atoms with Crippen molar-refractivity contribution in [1.29, 1.82) is 0 Å². The topological polar surface area (TPSA) is 104 Å². The number of hydrogen-bond donors (Lipinski definition) is 2. The van der Waals surface area contributed by atoms with E-state index in [0.717, 1.165) is 23.5 Å². The predicted molar refractivity (Wildman–Crippen MR) is 126 cm³/mol. The maximum Gasteiger partial charge on any atom is 0.416 e. The molecule has 1 heterocycles. The fraction of sp³-hybridized carbons (Fsp3) is 0.240. The highest BCUT2D eigenvalue weighted by molar-refractivity contribution is 7.18. The highest BCUT2D eigenvalue weighted by Gasteiger charge is 2.30. The van der Waals surface area contributed by atoms with Gasteiger partial charge in [-0.25, -0.2) is 9.59 Å². The number of rotatable bonds is 9. The van der Waals surface area contributed by atoms with E-state index in [0.29, 0.717) is 27.1 Å². The normalized spacial score (nSPS) is 11.2. The third-order valence-electron chi connectivity index (χ3n) is 5.29. The maximum atomic E-state index is 12.8. The number of hydrogen-bond acceptors (Lipinski definition) is 5. The van der Waals surface area contributed by atoms with Crippen LogP contribution in [0.3, 0.4) is 0 Å². The molecular formula is C25H22F3NO6S. The monoisotopic (exact) mass is 521 g/mol. The standard InChI is InChI=1S/C25H22F3NO6S/c1-14-21(35-13-20(31)32)23(24(33)34)36-22(14)18-5-3-4-17(10-18)12-29(15(2)30)11-16-6-8-19(9-7-16)25(26,27)28/h3-10H,11-13H2,1-2H3,(H,31,32)(H,33,34). The number of carbonyl (C=O) groups is 3. The number of carbonyl (C=O) groups excluding carboxylic acids is 1. The molecule has 190 valence electrons. The fourth-order valence-electron chi connectivity index (χ4n) is 3.55. The van der Waals surface area contributed by atoms with Crippen LogP contribution in [0.5, 0.6) is 5.75 Å². The van der Waals surface area contributed by atoms with Gasteiger partial charge in [0.1, 0.15) is 5.75 Å². The lowest BCUT2D eigenvalue weighted by atomic mass is 10.1. The average molecular weight is 522 g/mol. The molecule has 3 rings (SSSR count). The van der Waals surface area contributed by atoms with Crippen LogP contribution in [0.1, 0.15) is 38.8 Å². The number of aromatic carboxylic acids is 1. The van der Waals surface area contributed by atoms with E-state index >= 15 is 0 Å². The van der Waals surface area contributed by atoms with Gasteiger partial charge in [-0.2, -0.15) is 13.2 Å². The summed E-state index contributed by atoms with van der Waals surface area (Å²) in [5.74, 6) is -2.77.